The quantitative estimate of drug-likeness (QED) is 0.422. The zero-order chi connectivity index (χ0) is 22.7. The Labute approximate surface area is 180 Å². The maximum atomic E-state index is 12.4. The largest absolute Gasteiger partial charge is 0.452 e. The maximum absolute atomic E-state index is 12.4. The molecule has 7 nitrogen and oxygen atoms in total. The summed E-state index contributed by atoms with van der Waals surface area (Å²) in [4.78, 5) is 50.2. The van der Waals surface area contributed by atoms with Crippen LogP contribution in [-0.4, -0.2) is 41.7 Å². The van der Waals surface area contributed by atoms with Gasteiger partial charge in [-0.1, -0.05) is 24.3 Å². The number of fused-ring (bicyclic) bond motifs is 1. The molecule has 0 saturated heterocycles. The number of imide groups is 1. The first-order valence-corrected chi connectivity index (χ1v) is 9.87. The van der Waals surface area contributed by atoms with Gasteiger partial charge in [0.1, 0.15) is 0 Å². The Balaban J connectivity index is 1.60. The van der Waals surface area contributed by atoms with Gasteiger partial charge in [0.15, 0.2) is 6.61 Å². The predicted molar refractivity (Wildman–Crippen MR) is 115 cm³/mol. The van der Waals surface area contributed by atoms with E-state index in [1.807, 2.05) is 39.0 Å². The van der Waals surface area contributed by atoms with Gasteiger partial charge in [-0.25, -0.2) is 4.79 Å². The van der Waals surface area contributed by atoms with Crippen molar-refractivity contribution in [2.24, 2.45) is 0 Å². The second-order valence-corrected chi connectivity index (χ2v) is 7.48. The second kappa shape index (κ2) is 8.95. The van der Waals surface area contributed by atoms with Crippen LogP contribution in [0.1, 0.15) is 60.7 Å². The lowest BCUT2D eigenvalue weighted by Gasteiger charge is -2.16. The molecule has 31 heavy (non-hydrogen) atoms. The summed E-state index contributed by atoms with van der Waals surface area (Å²) >= 11 is 0. The van der Waals surface area contributed by atoms with E-state index in [0.29, 0.717) is 0 Å². The Morgan fingerprint density at radius 2 is 1.77 bits per heavy atom. The number of nitrogens with one attached hydrogen (secondary N) is 1. The summed E-state index contributed by atoms with van der Waals surface area (Å²) in [5.74, 6) is -2.11. The Bertz CT molecular complexity index is 1090. The number of hydrogen-bond donors (Lipinski definition) is 1. The van der Waals surface area contributed by atoms with Crippen molar-refractivity contribution in [2.45, 2.75) is 26.8 Å². The van der Waals surface area contributed by atoms with Crippen molar-refractivity contribution in [3.05, 3.63) is 82.4 Å². The van der Waals surface area contributed by atoms with Gasteiger partial charge < -0.3 is 10.1 Å². The van der Waals surface area contributed by atoms with E-state index in [2.05, 4.69) is 11.9 Å². The molecular weight excluding hydrogens is 396 g/mol. The molecule has 1 atom stereocenters. The van der Waals surface area contributed by atoms with E-state index >= 15 is 0 Å². The van der Waals surface area contributed by atoms with Crippen LogP contribution in [0.4, 0.5) is 0 Å². The number of nitrogens with zero attached hydrogens (tertiary/aromatic N) is 1. The highest BCUT2D eigenvalue weighted by Gasteiger charge is 2.35. The van der Waals surface area contributed by atoms with E-state index in [-0.39, 0.29) is 29.3 Å². The average molecular weight is 420 g/mol. The third-order valence-corrected chi connectivity index (χ3v) is 5.26. The molecule has 160 valence electrons. The highest BCUT2D eigenvalue weighted by Crippen LogP contribution is 2.24. The number of ether oxygens (including phenoxy) is 1. The lowest BCUT2D eigenvalue weighted by molar-refractivity contribution is -0.124. The molecule has 0 aliphatic carbocycles. The van der Waals surface area contributed by atoms with Crippen molar-refractivity contribution in [1.82, 2.24) is 10.2 Å². The van der Waals surface area contributed by atoms with E-state index < -0.39 is 30.3 Å². The number of hydrogen-bond acceptors (Lipinski definition) is 5. The number of rotatable bonds is 7. The van der Waals surface area contributed by atoms with Gasteiger partial charge in [-0.15, -0.1) is 6.58 Å². The fraction of sp³-hybridized carbons (Fsp3) is 0.250. The van der Waals surface area contributed by atoms with Crippen LogP contribution in [-0.2, 0) is 9.53 Å². The summed E-state index contributed by atoms with van der Waals surface area (Å²) in [7, 11) is 0. The summed E-state index contributed by atoms with van der Waals surface area (Å²) < 4.78 is 5.09. The normalized spacial score (nSPS) is 13.6. The molecule has 0 unspecified atom stereocenters. The first-order valence-electron chi connectivity index (χ1n) is 9.87. The zero-order valence-corrected chi connectivity index (χ0v) is 17.7. The molecule has 0 saturated carbocycles. The molecule has 0 aromatic heterocycles. The Morgan fingerprint density at radius 1 is 1.06 bits per heavy atom. The minimum Gasteiger partial charge on any atom is -0.452 e. The number of amides is 3. The number of carbonyl (C=O) groups excluding carboxylic acids is 4. The van der Waals surface area contributed by atoms with Crippen LogP contribution >= 0.6 is 0 Å². The van der Waals surface area contributed by atoms with Crippen LogP contribution in [0.25, 0.3) is 0 Å². The number of benzene rings is 2. The van der Waals surface area contributed by atoms with Crippen molar-refractivity contribution in [3.63, 3.8) is 0 Å². The van der Waals surface area contributed by atoms with Crippen molar-refractivity contribution >= 4 is 23.7 Å². The molecule has 1 aliphatic rings. The third-order valence-electron chi connectivity index (χ3n) is 5.26. The highest BCUT2D eigenvalue weighted by molar-refractivity contribution is 6.22. The minimum absolute atomic E-state index is 0.0883. The van der Waals surface area contributed by atoms with Crippen molar-refractivity contribution in [2.75, 3.05) is 13.2 Å². The molecule has 1 N–H and O–H groups in total. The van der Waals surface area contributed by atoms with E-state index in [1.54, 1.807) is 0 Å². The van der Waals surface area contributed by atoms with Crippen LogP contribution in [0.2, 0.25) is 0 Å². The molecule has 3 amide bonds. The van der Waals surface area contributed by atoms with E-state index in [0.717, 1.165) is 16.0 Å². The Hall–Kier alpha value is -3.74. The molecule has 0 fully saturated rings. The topological polar surface area (TPSA) is 92.8 Å². The van der Waals surface area contributed by atoms with Crippen LogP contribution in [0.3, 0.4) is 0 Å². The van der Waals surface area contributed by atoms with Gasteiger partial charge in [-0.2, -0.15) is 0 Å². The van der Waals surface area contributed by atoms with Crippen molar-refractivity contribution in [3.8, 4) is 0 Å². The lowest BCUT2D eigenvalue weighted by atomic mass is 10.0. The van der Waals surface area contributed by atoms with Gasteiger partial charge in [-0.05, 0) is 55.7 Å². The fourth-order valence-electron chi connectivity index (χ4n) is 3.33. The standard InChI is InChI=1S/C24H24N2O5/c1-5-10-26-22(28)19-9-8-18(12-20(19)23(26)29)24(30)31-13-21(27)25-16(4)17-7-6-14(2)15(3)11-17/h5-9,11-12,16H,1,10,13H2,2-4H3,(H,25,27)/t16-/m1/s1. The Kier molecular flexibility index (Phi) is 6.34. The van der Waals surface area contributed by atoms with E-state index in [9.17, 15) is 19.2 Å². The van der Waals surface area contributed by atoms with Crippen LogP contribution < -0.4 is 5.32 Å². The number of carbonyl (C=O) groups is 4. The summed E-state index contributed by atoms with van der Waals surface area (Å²) in [6.07, 6.45) is 1.45. The molecule has 2 aromatic carbocycles. The summed E-state index contributed by atoms with van der Waals surface area (Å²) in [5, 5.41) is 2.79. The van der Waals surface area contributed by atoms with Gasteiger partial charge in [-0.3, -0.25) is 19.3 Å². The number of aryl methyl sites for hydroxylation is 2. The van der Waals surface area contributed by atoms with Gasteiger partial charge in [0.2, 0.25) is 0 Å². The second-order valence-electron chi connectivity index (χ2n) is 7.48. The van der Waals surface area contributed by atoms with Crippen molar-refractivity contribution in [1.29, 1.82) is 0 Å². The summed E-state index contributed by atoms with van der Waals surface area (Å²) in [6, 6.07) is 9.82. The van der Waals surface area contributed by atoms with Gasteiger partial charge >= 0.3 is 5.97 Å². The molecule has 3 rings (SSSR count). The van der Waals surface area contributed by atoms with Gasteiger partial charge in [0.25, 0.3) is 17.7 Å². The van der Waals surface area contributed by atoms with E-state index in [1.165, 1.54) is 29.8 Å². The fourth-order valence-corrected chi connectivity index (χ4v) is 3.33. The van der Waals surface area contributed by atoms with E-state index in [4.69, 9.17) is 4.74 Å². The van der Waals surface area contributed by atoms with Gasteiger partial charge in [0, 0.05) is 6.54 Å². The molecular formula is C24H24N2O5. The SMILES string of the molecule is C=CCN1C(=O)c2ccc(C(=O)OCC(=O)N[C@H](C)c3ccc(C)c(C)c3)cc2C1=O. The van der Waals surface area contributed by atoms with Crippen LogP contribution in [0, 0.1) is 13.8 Å². The predicted octanol–water partition coefficient (Wildman–Crippen LogP) is 3.12. The molecule has 0 bridgehead atoms. The minimum atomic E-state index is -0.751. The molecule has 1 aliphatic heterocycles. The summed E-state index contributed by atoms with van der Waals surface area (Å²) in [5.41, 5.74) is 3.70. The van der Waals surface area contributed by atoms with Crippen LogP contribution in [0.15, 0.2) is 49.1 Å². The average Bonchev–Trinajstić information content (AvgIpc) is 2.98. The van der Waals surface area contributed by atoms with Crippen molar-refractivity contribution < 1.29 is 23.9 Å². The highest BCUT2D eigenvalue weighted by atomic mass is 16.5. The third kappa shape index (κ3) is 4.55. The molecule has 0 radical (unpaired) electrons. The number of esters is 1. The summed E-state index contributed by atoms with van der Waals surface area (Å²) in [6.45, 7) is 9.03. The van der Waals surface area contributed by atoms with Crippen LogP contribution in [0.5, 0.6) is 0 Å². The Morgan fingerprint density at radius 3 is 2.45 bits per heavy atom. The molecule has 7 heteroatoms. The molecule has 1 heterocycles. The first-order chi connectivity index (χ1) is 14.7. The maximum Gasteiger partial charge on any atom is 0.338 e. The monoisotopic (exact) mass is 420 g/mol. The smallest absolute Gasteiger partial charge is 0.338 e. The molecule has 2 aromatic rings. The molecule has 0 spiro atoms. The first kappa shape index (κ1) is 22.0. The van der Waals surface area contributed by atoms with Gasteiger partial charge in [0.05, 0.1) is 22.7 Å². The zero-order valence-electron chi connectivity index (χ0n) is 17.7. The lowest BCUT2D eigenvalue weighted by Crippen LogP contribution is -2.31.